The zero-order valence-corrected chi connectivity index (χ0v) is 19.1. The van der Waals surface area contributed by atoms with E-state index in [0.717, 1.165) is 62.3 Å². The highest BCUT2D eigenvalue weighted by molar-refractivity contribution is 6.31. The van der Waals surface area contributed by atoms with Gasteiger partial charge in [-0.05, 0) is 67.5 Å². The van der Waals surface area contributed by atoms with Gasteiger partial charge in [0.25, 0.3) is 0 Å². The Labute approximate surface area is 199 Å². The number of pyridine rings is 1. The number of alkyl halides is 3. The molecule has 3 aromatic rings. The molecule has 0 radical (unpaired) electrons. The first-order chi connectivity index (χ1) is 16.2. The SMILES string of the molecule is O=C(O)c1ccc(-n2nc(Cc3c(Cl)cccc3C(F)(F)F)c3c2C2(CCCCC3)CC2)nc1. The quantitative estimate of drug-likeness (QED) is 0.462. The van der Waals surface area contributed by atoms with Gasteiger partial charge in [-0.3, -0.25) is 0 Å². The Morgan fingerprint density at radius 1 is 1.12 bits per heavy atom. The zero-order valence-electron chi connectivity index (χ0n) is 18.3. The van der Waals surface area contributed by atoms with Crippen molar-refractivity contribution in [1.82, 2.24) is 14.8 Å². The summed E-state index contributed by atoms with van der Waals surface area (Å²) in [5, 5.41) is 14.1. The molecule has 5 rings (SSSR count). The lowest BCUT2D eigenvalue weighted by Crippen LogP contribution is -2.18. The highest BCUT2D eigenvalue weighted by Crippen LogP contribution is 2.55. The lowest BCUT2D eigenvalue weighted by Gasteiger charge is -2.22. The third-order valence-electron chi connectivity index (χ3n) is 6.99. The van der Waals surface area contributed by atoms with Crippen molar-refractivity contribution in [2.24, 2.45) is 0 Å². The van der Waals surface area contributed by atoms with Gasteiger partial charge in [-0.1, -0.05) is 30.5 Å². The fraction of sp³-hybridized carbons (Fsp3) is 0.400. The van der Waals surface area contributed by atoms with Gasteiger partial charge in [-0.15, -0.1) is 0 Å². The van der Waals surface area contributed by atoms with E-state index in [9.17, 15) is 23.1 Å². The van der Waals surface area contributed by atoms with Crippen LogP contribution in [0.3, 0.4) is 0 Å². The molecule has 2 aliphatic carbocycles. The summed E-state index contributed by atoms with van der Waals surface area (Å²) in [5.41, 5.74) is 1.84. The second kappa shape index (κ2) is 8.41. The Morgan fingerprint density at radius 3 is 2.56 bits per heavy atom. The summed E-state index contributed by atoms with van der Waals surface area (Å²) in [4.78, 5) is 15.6. The molecule has 34 heavy (non-hydrogen) atoms. The van der Waals surface area contributed by atoms with Crippen molar-refractivity contribution in [2.45, 2.75) is 63.0 Å². The van der Waals surface area contributed by atoms with Gasteiger partial charge >= 0.3 is 12.1 Å². The third kappa shape index (κ3) is 4.08. The van der Waals surface area contributed by atoms with Crippen molar-refractivity contribution >= 4 is 17.6 Å². The summed E-state index contributed by atoms with van der Waals surface area (Å²) >= 11 is 6.26. The topological polar surface area (TPSA) is 68.0 Å². The second-order valence-electron chi connectivity index (χ2n) is 9.18. The van der Waals surface area contributed by atoms with Crippen LogP contribution in [0.25, 0.3) is 5.82 Å². The van der Waals surface area contributed by atoms with Gasteiger partial charge in [0.2, 0.25) is 0 Å². The van der Waals surface area contributed by atoms with Crippen LogP contribution in [-0.2, 0) is 24.4 Å². The minimum Gasteiger partial charge on any atom is -0.478 e. The highest BCUT2D eigenvalue weighted by Gasteiger charge is 2.49. The average molecular weight is 490 g/mol. The number of nitrogens with zero attached hydrogens (tertiary/aromatic N) is 3. The first kappa shape index (κ1) is 22.9. The first-order valence-corrected chi connectivity index (χ1v) is 11.7. The molecule has 0 saturated heterocycles. The number of carboxylic acids is 1. The normalized spacial score (nSPS) is 17.2. The van der Waals surface area contributed by atoms with E-state index in [4.69, 9.17) is 16.7 Å². The molecule has 2 aromatic heterocycles. The number of hydrogen-bond acceptors (Lipinski definition) is 3. The molecule has 1 spiro atoms. The Kier molecular flexibility index (Phi) is 5.67. The molecule has 1 N–H and O–H groups in total. The molecular formula is C25H23ClF3N3O2. The van der Waals surface area contributed by atoms with Crippen LogP contribution in [0.1, 0.15) is 77.0 Å². The standard InChI is InChI=1S/C25H23ClF3N3O2/c26-19-7-4-6-18(25(27,28)29)17(19)13-20-16-5-2-1-3-10-24(11-12-24)22(16)32(31-20)21-9-8-15(14-30-21)23(33)34/h4,6-9,14H,1-3,5,10-13H2,(H,33,34). The average Bonchev–Trinajstić information content (AvgIpc) is 3.48. The number of aromatic carboxylic acids is 1. The van der Waals surface area contributed by atoms with Gasteiger partial charge in [0, 0.05) is 23.1 Å². The molecule has 0 bridgehead atoms. The van der Waals surface area contributed by atoms with Crippen LogP contribution in [0, 0.1) is 0 Å². The molecule has 0 aliphatic heterocycles. The van der Waals surface area contributed by atoms with E-state index >= 15 is 0 Å². The molecule has 1 saturated carbocycles. The van der Waals surface area contributed by atoms with Gasteiger partial charge in [-0.25, -0.2) is 14.5 Å². The Balaban J connectivity index is 1.67. The number of aromatic nitrogens is 3. The Morgan fingerprint density at radius 2 is 1.91 bits per heavy atom. The number of halogens is 4. The molecule has 0 unspecified atom stereocenters. The summed E-state index contributed by atoms with van der Waals surface area (Å²) in [5.74, 6) is -0.609. The molecule has 5 nitrogen and oxygen atoms in total. The fourth-order valence-corrected chi connectivity index (χ4v) is 5.36. The van der Waals surface area contributed by atoms with E-state index in [1.807, 2.05) is 0 Å². The number of benzene rings is 1. The predicted octanol–water partition coefficient (Wildman–Crippen LogP) is 6.38. The number of fused-ring (bicyclic) bond motifs is 2. The minimum atomic E-state index is -4.52. The first-order valence-electron chi connectivity index (χ1n) is 11.4. The number of rotatable bonds is 4. The maximum Gasteiger partial charge on any atom is 0.416 e. The Hall–Kier alpha value is -2.87. The summed E-state index contributed by atoms with van der Waals surface area (Å²) < 4.78 is 43.0. The third-order valence-corrected chi connectivity index (χ3v) is 7.34. The van der Waals surface area contributed by atoms with Gasteiger partial charge in [0.1, 0.15) is 0 Å². The van der Waals surface area contributed by atoms with Gasteiger partial charge in [0.05, 0.1) is 22.5 Å². The monoisotopic (exact) mass is 489 g/mol. The fourth-order valence-electron chi connectivity index (χ4n) is 5.12. The van der Waals surface area contributed by atoms with E-state index in [0.29, 0.717) is 11.5 Å². The summed E-state index contributed by atoms with van der Waals surface area (Å²) in [7, 11) is 0. The van der Waals surface area contributed by atoms with Crippen molar-refractivity contribution in [3.05, 3.63) is 75.2 Å². The minimum absolute atomic E-state index is 0.0187. The maximum absolute atomic E-state index is 13.8. The van der Waals surface area contributed by atoms with Gasteiger partial charge in [0.15, 0.2) is 5.82 Å². The van der Waals surface area contributed by atoms with Crippen molar-refractivity contribution in [3.8, 4) is 5.82 Å². The lowest BCUT2D eigenvalue weighted by atomic mass is 9.85. The molecule has 0 amide bonds. The molecule has 178 valence electrons. The molecule has 1 aromatic carbocycles. The van der Waals surface area contributed by atoms with Crippen LogP contribution in [-0.4, -0.2) is 25.8 Å². The molecule has 0 atom stereocenters. The van der Waals surface area contributed by atoms with E-state index in [-0.39, 0.29) is 28.0 Å². The van der Waals surface area contributed by atoms with Crippen LogP contribution >= 0.6 is 11.6 Å². The molecule has 1 fully saturated rings. The van der Waals surface area contributed by atoms with Crippen molar-refractivity contribution in [1.29, 1.82) is 0 Å². The number of hydrogen-bond donors (Lipinski definition) is 1. The highest BCUT2D eigenvalue weighted by atomic mass is 35.5. The van der Waals surface area contributed by atoms with Crippen LogP contribution in [0.4, 0.5) is 13.2 Å². The van der Waals surface area contributed by atoms with Gasteiger partial charge < -0.3 is 5.11 Å². The molecule has 2 heterocycles. The van der Waals surface area contributed by atoms with Crippen LogP contribution in [0.5, 0.6) is 0 Å². The summed E-state index contributed by atoms with van der Waals surface area (Å²) in [6, 6.07) is 6.91. The van der Waals surface area contributed by atoms with E-state index in [1.165, 1.54) is 24.4 Å². The van der Waals surface area contributed by atoms with E-state index < -0.39 is 17.7 Å². The van der Waals surface area contributed by atoms with Gasteiger partial charge in [-0.2, -0.15) is 18.3 Å². The van der Waals surface area contributed by atoms with Crippen LogP contribution in [0.2, 0.25) is 5.02 Å². The smallest absolute Gasteiger partial charge is 0.416 e. The maximum atomic E-state index is 13.8. The molecule has 2 aliphatic rings. The Bertz CT molecular complexity index is 1250. The lowest BCUT2D eigenvalue weighted by molar-refractivity contribution is -0.138. The molecular weight excluding hydrogens is 467 g/mol. The zero-order chi connectivity index (χ0) is 24.1. The predicted molar refractivity (Wildman–Crippen MR) is 121 cm³/mol. The van der Waals surface area contributed by atoms with Crippen molar-refractivity contribution < 1.29 is 23.1 Å². The summed E-state index contributed by atoms with van der Waals surface area (Å²) in [6.45, 7) is 0. The van der Waals surface area contributed by atoms with Crippen molar-refractivity contribution in [2.75, 3.05) is 0 Å². The van der Waals surface area contributed by atoms with E-state index in [2.05, 4.69) is 4.98 Å². The largest absolute Gasteiger partial charge is 0.478 e. The summed E-state index contributed by atoms with van der Waals surface area (Å²) in [6.07, 6.45) is 3.54. The number of carbonyl (C=O) groups is 1. The second-order valence-corrected chi connectivity index (χ2v) is 9.58. The van der Waals surface area contributed by atoms with Crippen LogP contribution < -0.4 is 0 Å². The number of carboxylic acid groups (broad SMARTS) is 1. The van der Waals surface area contributed by atoms with E-state index in [1.54, 1.807) is 10.7 Å². The molecule has 9 heteroatoms. The van der Waals surface area contributed by atoms with Crippen LogP contribution in [0.15, 0.2) is 36.5 Å². The van der Waals surface area contributed by atoms with Crippen molar-refractivity contribution in [3.63, 3.8) is 0 Å².